The van der Waals surface area contributed by atoms with E-state index in [1.165, 1.54) is 16.7 Å². The molecule has 0 amide bonds. The standard InChI is InChI=1S/C16H15BrClN/c17-14-3-1-2-11(6-14)10-19-16-8-12-4-5-15(18)7-13(12)9-16/h1-7,16,19H,8-10H2. The van der Waals surface area contributed by atoms with Crippen molar-refractivity contribution in [3.8, 4) is 0 Å². The third kappa shape index (κ3) is 3.19. The number of halogens is 2. The van der Waals surface area contributed by atoms with Gasteiger partial charge >= 0.3 is 0 Å². The normalized spacial score (nSPS) is 17.5. The van der Waals surface area contributed by atoms with Gasteiger partial charge in [-0.05, 0) is 53.8 Å². The molecule has 0 spiro atoms. The minimum atomic E-state index is 0.521. The second-order valence-electron chi connectivity index (χ2n) is 5.03. The van der Waals surface area contributed by atoms with E-state index < -0.39 is 0 Å². The lowest BCUT2D eigenvalue weighted by Gasteiger charge is -2.12. The van der Waals surface area contributed by atoms with Crippen LogP contribution in [-0.4, -0.2) is 6.04 Å². The SMILES string of the molecule is Clc1ccc2c(c1)CC(NCc1cccc(Br)c1)C2. The first-order chi connectivity index (χ1) is 9.20. The molecule has 1 N–H and O–H groups in total. The maximum atomic E-state index is 6.04. The summed E-state index contributed by atoms with van der Waals surface area (Å²) >= 11 is 9.54. The molecule has 0 bridgehead atoms. The smallest absolute Gasteiger partial charge is 0.0408 e. The molecule has 1 atom stereocenters. The van der Waals surface area contributed by atoms with Gasteiger partial charge in [0.05, 0.1) is 0 Å². The van der Waals surface area contributed by atoms with E-state index >= 15 is 0 Å². The fourth-order valence-electron chi connectivity index (χ4n) is 2.64. The van der Waals surface area contributed by atoms with E-state index in [9.17, 15) is 0 Å². The minimum absolute atomic E-state index is 0.521. The summed E-state index contributed by atoms with van der Waals surface area (Å²) in [6, 6.07) is 15.2. The van der Waals surface area contributed by atoms with Gasteiger partial charge in [-0.3, -0.25) is 0 Å². The zero-order valence-electron chi connectivity index (χ0n) is 10.5. The molecule has 1 aliphatic carbocycles. The molecule has 0 radical (unpaired) electrons. The Morgan fingerprint density at radius 3 is 2.79 bits per heavy atom. The van der Waals surface area contributed by atoms with Gasteiger partial charge in [0.1, 0.15) is 0 Å². The number of nitrogens with one attached hydrogen (secondary N) is 1. The Morgan fingerprint density at radius 2 is 1.95 bits per heavy atom. The lowest BCUT2D eigenvalue weighted by atomic mass is 10.1. The molecule has 2 aromatic rings. The summed E-state index contributed by atoms with van der Waals surface area (Å²) in [6.07, 6.45) is 2.17. The Kier molecular flexibility index (Phi) is 3.92. The summed E-state index contributed by atoms with van der Waals surface area (Å²) in [5, 5.41) is 4.47. The molecular formula is C16H15BrClN. The summed E-state index contributed by atoms with van der Waals surface area (Å²) < 4.78 is 1.13. The monoisotopic (exact) mass is 335 g/mol. The van der Waals surface area contributed by atoms with Crippen molar-refractivity contribution in [3.63, 3.8) is 0 Å². The lowest BCUT2D eigenvalue weighted by molar-refractivity contribution is 0.533. The topological polar surface area (TPSA) is 12.0 Å². The average molecular weight is 337 g/mol. The van der Waals surface area contributed by atoms with E-state index in [4.69, 9.17) is 11.6 Å². The van der Waals surface area contributed by atoms with Crippen molar-refractivity contribution >= 4 is 27.5 Å². The van der Waals surface area contributed by atoms with E-state index in [2.05, 4.69) is 57.6 Å². The number of benzene rings is 2. The quantitative estimate of drug-likeness (QED) is 0.878. The number of hydrogen-bond acceptors (Lipinski definition) is 1. The van der Waals surface area contributed by atoms with Gasteiger partial charge in [-0.2, -0.15) is 0 Å². The summed E-state index contributed by atoms with van der Waals surface area (Å²) in [4.78, 5) is 0. The van der Waals surface area contributed by atoms with Crippen molar-refractivity contribution in [2.45, 2.75) is 25.4 Å². The van der Waals surface area contributed by atoms with Crippen LogP contribution in [-0.2, 0) is 19.4 Å². The van der Waals surface area contributed by atoms with E-state index in [0.717, 1.165) is 28.9 Å². The highest BCUT2D eigenvalue weighted by Crippen LogP contribution is 2.25. The predicted octanol–water partition coefficient (Wildman–Crippen LogP) is 4.36. The Labute approximate surface area is 127 Å². The van der Waals surface area contributed by atoms with Gasteiger partial charge in [0.25, 0.3) is 0 Å². The molecule has 98 valence electrons. The number of rotatable bonds is 3. The first-order valence-corrected chi connectivity index (χ1v) is 7.63. The summed E-state index contributed by atoms with van der Waals surface area (Å²) in [5.74, 6) is 0. The van der Waals surface area contributed by atoms with Crippen LogP contribution < -0.4 is 5.32 Å². The Bertz CT molecular complexity index is 597. The summed E-state index contributed by atoms with van der Waals surface area (Å²) in [5.41, 5.74) is 4.12. The zero-order valence-corrected chi connectivity index (χ0v) is 12.8. The maximum Gasteiger partial charge on any atom is 0.0408 e. The third-order valence-corrected chi connectivity index (χ3v) is 4.31. The molecule has 19 heavy (non-hydrogen) atoms. The van der Waals surface area contributed by atoms with Crippen LogP contribution in [0, 0.1) is 0 Å². The average Bonchev–Trinajstić information content (AvgIpc) is 2.78. The molecule has 0 aromatic heterocycles. The van der Waals surface area contributed by atoms with Crippen LogP contribution in [0.5, 0.6) is 0 Å². The first-order valence-electron chi connectivity index (χ1n) is 6.46. The van der Waals surface area contributed by atoms with E-state index in [1.807, 2.05) is 6.07 Å². The maximum absolute atomic E-state index is 6.04. The van der Waals surface area contributed by atoms with Crippen LogP contribution in [0.1, 0.15) is 16.7 Å². The van der Waals surface area contributed by atoms with Crippen molar-refractivity contribution in [3.05, 3.63) is 68.7 Å². The second kappa shape index (κ2) is 5.66. The molecule has 3 heteroatoms. The molecule has 0 saturated heterocycles. The molecule has 0 fully saturated rings. The number of fused-ring (bicyclic) bond motifs is 1. The Hall–Kier alpha value is -0.830. The van der Waals surface area contributed by atoms with Gasteiger partial charge in [-0.1, -0.05) is 45.7 Å². The van der Waals surface area contributed by atoms with Gasteiger partial charge < -0.3 is 5.32 Å². The van der Waals surface area contributed by atoms with Crippen molar-refractivity contribution in [1.29, 1.82) is 0 Å². The van der Waals surface area contributed by atoms with Crippen LogP contribution in [0.25, 0.3) is 0 Å². The summed E-state index contributed by atoms with van der Waals surface area (Å²) in [7, 11) is 0. The van der Waals surface area contributed by atoms with Gasteiger partial charge in [-0.15, -0.1) is 0 Å². The zero-order chi connectivity index (χ0) is 13.2. The van der Waals surface area contributed by atoms with Crippen LogP contribution in [0.2, 0.25) is 5.02 Å². The van der Waals surface area contributed by atoms with Crippen molar-refractivity contribution in [1.82, 2.24) is 5.32 Å². The highest BCUT2D eigenvalue weighted by molar-refractivity contribution is 9.10. The molecule has 1 unspecified atom stereocenters. The fourth-order valence-corrected chi connectivity index (χ4v) is 3.28. The first kappa shape index (κ1) is 13.2. The highest BCUT2D eigenvalue weighted by atomic mass is 79.9. The van der Waals surface area contributed by atoms with Crippen LogP contribution in [0.3, 0.4) is 0 Å². The molecule has 1 aliphatic rings. The van der Waals surface area contributed by atoms with Crippen molar-refractivity contribution in [2.24, 2.45) is 0 Å². The summed E-state index contributed by atoms with van der Waals surface area (Å²) in [6.45, 7) is 0.909. The van der Waals surface area contributed by atoms with E-state index in [1.54, 1.807) is 0 Å². The molecule has 0 heterocycles. The second-order valence-corrected chi connectivity index (χ2v) is 6.38. The molecule has 0 saturated carbocycles. The van der Waals surface area contributed by atoms with Crippen molar-refractivity contribution in [2.75, 3.05) is 0 Å². The van der Waals surface area contributed by atoms with Crippen molar-refractivity contribution < 1.29 is 0 Å². The number of hydrogen-bond donors (Lipinski definition) is 1. The largest absolute Gasteiger partial charge is 0.309 e. The van der Waals surface area contributed by atoms with Gasteiger partial charge in [-0.25, -0.2) is 0 Å². The molecule has 1 nitrogen and oxygen atoms in total. The fraction of sp³-hybridized carbons (Fsp3) is 0.250. The van der Waals surface area contributed by atoms with Crippen LogP contribution in [0.4, 0.5) is 0 Å². The molecule has 3 rings (SSSR count). The lowest BCUT2D eigenvalue weighted by Crippen LogP contribution is -2.28. The van der Waals surface area contributed by atoms with E-state index in [0.29, 0.717) is 6.04 Å². The third-order valence-electron chi connectivity index (χ3n) is 3.58. The molecule has 0 aliphatic heterocycles. The van der Waals surface area contributed by atoms with Gasteiger partial charge in [0, 0.05) is 22.1 Å². The molecule has 2 aromatic carbocycles. The molecular weight excluding hydrogens is 322 g/mol. The van der Waals surface area contributed by atoms with Gasteiger partial charge in [0.15, 0.2) is 0 Å². The Balaban J connectivity index is 1.62. The Morgan fingerprint density at radius 1 is 1.11 bits per heavy atom. The highest BCUT2D eigenvalue weighted by Gasteiger charge is 2.20. The predicted molar refractivity (Wildman–Crippen MR) is 83.6 cm³/mol. The minimum Gasteiger partial charge on any atom is -0.309 e. The van der Waals surface area contributed by atoms with E-state index in [-0.39, 0.29) is 0 Å². The van der Waals surface area contributed by atoms with Gasteiger partial charge in [0.2, 0.25) is 0 Å². The van der Waals surface area contributed by atoms with Crippen LogP contribution >= 0.6 is 27.5 Å². The van der Waals surface area contributed by atoms with Crippen LogP contribution in [0.15, 0.2) is 46.9 Å².